The fraction of sp³-hybridized carbons (Fsp3) is 0.647. The summed E-state index contributed by atoms with van der Waals surface area (Å²) in [4.78, 5) is 2.50. The molecule has 1 unspecified atom stereocenters. The smallest absolute Gasteiger partial charge is 0.0775 e. The van der Waals surface area contributed by atoms with E-state index < -0.39 is 8.07 Å². The van der Waals surface area contributed by atoms with E-state index in [-0.39, 0.29) is 0 Å². The first-order valence-corrected chi connectivity index (χ1v) is 11.5. The summed E-state index contributed by atoms with van der Waals surface area (Å²) in [5.74, 6) is 0. The monoisotopic (exact) mass is 290 g/mol. The van der Waals surface area contributed by atoms with Crippen LogP contribution in [0, 0.1) is 0 Å². The summed E-state index contributed by atoms with van der Waals surface area (Å²) in [6, 6.07) is 9.98. The van der Waals surface area contributed by atoms with Gasteiger partial charge in [-0.3, -0.25) is 0 Å². The second-order valence-corrected chi connectivity index (χ2v) is 12.3. The van der Waals surface area contributed by atoms with Crippen molar-refractivity contribution >= 4 is 13.3 Å². The molecule has 1 atom stereocenters. The van der Waals surface area contributed by atoms with Crippen LogP contribution in [0.3, 0.4) is 0 Å². The molecule has 2 nitrogen and oxygen atoms in total. The lowest BCUT2D eigenvalue weighted by atomic mass is 10.0. The molecule has 0 spiro atoms. The first-order chi connectivity index (χ1) is 9.47. The molecule has 1 heterocycles. The van der Waals surface area contributed by atoms with Gasteiger partial charge in [-0.05, 0) is 32.0 Å². The van der Waals surface area contributed by atoms with Crippen LogP contribution in [0.1, 0.15) is 24.8 Å². The largest absolute Gasteiger partial charge is 0.311 e. The number of nitrogens with one attached hydrogen (secondary N) is 1. The normalized spacial score (nSPS) is 21.1. The van der Waals surface area contributed by atoms with Crippen LogP contribution >= 0.6 is 0 Å². The van der Waals surface area contributed by atoms with E-state index in [1.807, 2.05) is 0 Å². The van der Waals surface area contributed by atoms with Gasteiger partial charge < -0.3 is 10.2 Å². The predicted molar refractivity (Wildman–Crippen MR) is 91.4 cm³/mol. The zero-order valence-electron chi connectivity index (χ0n) is 13.6. The fourth-order valence-electron chi connectivity index (χ4n) is 2.91. The third-order valence-electron chi connectivity index (χ3n) is 4.45. The van der Waals surface area contributed by atoms with Crippen molar-refractivity contribution in [3.63, 3.8) is 0 Å². The Morgan fingerprint density at radius 3 is 2.45 bits per heavy atom. The first-order valence-electron chi connectivity index (χ1n) is 7.97. The topological polar surface area (TPSA) is 15.3 Å². The second kappa shape index (κ2) is 6.88. The van der Waals surface area contributed by atoms with Gasteiger partial charge in [-0.2, -0.15) is 0 Å². The molecule has 1 aliphatic rings. The summed E-state index contributed by atoms with van der Waals surface area (Å²) in [5.41, 5.74) is 1.41. The number of rotatable bonds is 5. The van der Waals surface area contributed by atoms with Crippen molar-refractivity contribution in [2.45, 2.75) is 51.5 Å². The summed E-state index contributed by atoms with van der Waals surface area (Å²) < 4.78 is 0. The van der Waals surface area contributed by atoms with Gasteiger partial charge in [0, 0.05) is 19.1 Å². The highest BCUT2D eigenvalue weighted by molar-refractivity contribution is 6.88. The van der Waals surface area contributed by atoms with Crippen molar-refractivity contribution in [3.8, 4) is 0 Å². The molecule has 1 aromatic rings. The highest BCUT2D eigenvalue weighted by Crippen LogP contribution is 2.14. The molecular formula is C17H30N2Si. The maximum absolute atomic E-state index is 3.63. The molecule has 1 aromatic carbocycles. The minimum atomic E-state index is -1.15. The van der Waals surface area contributed by atoms with Crippen LogP contribution in [0.25, 0.3) is 0 Å². The van der Waals surface area contributed by atoms with Gasteiger partial charge in [0.05, 0.1) is 8.07 Å². The van der Waals surface area contributed by atoms with Gasteiger partial charge >= 0.3 is 0 Å². The SMILES string of the molecule is CN1CCCCC1CNCc1ccc([Si](C)(C)C)cc1. The van der Waals surface area contributed by atoms with Crippen LogP contribution in [-0.2, 0) is 6.54 Å². The predicted octanol–water partition coefficient (Wildman–Crippen LogP) is 2.81. The van der Waals surface area contributed by atoms with Crippen LogP contribution in [0.4, 0.5) is 0 Å². The maximum atomic E-state index is 3.63. The molecule has 3 heteroatoms. The molecule has 0 radical (unpaired) electrons. The van der Waals surface area contributed by atoms with E-state index in [0.717, 1.165) is 19.1 Å². The standard InChI is InChI=1S/C17H30N2Si/c1-19-12-6-5-7-16(19)14-18-13-15-8-10-17(11-9-15)20(2,3)4/h8-11,16,18H,5-7,12-14H2,1-4H3. The van der Waals surface area contributed by atoms with E-state index in [1.54, 1.807) is 5.19 Å². The lowest BCUT2D eigenvalue weighted by Crippen LogP contribution is -2.42. The average molecular weight is 291 g/mol. The van der Waals surface area contributed by atoms with Gasteiger partial charge in [-0.1, -0.05) is 55.5 Å². The van der Waals surface area contributed by atoms with Crippen molar-refractivity contribution in [2.24, 2.45) is 0 Å². The van der Waals surface area contributed by atoms with Gasteiger partial charge in [0.15, 0.2) is 0 Å². The molecule has 20 heavy (non-hydrogen) atoms. The van der Waals surface area contributed by atoms with Crippen LogP contribution in [0.2, 0.25) is 19.6 Å². The zero-order valence-corrected chi connectivity index (χ0v) is 14.6. The molecule has 0 aromatic heterocycles. The summed E-state index contributed by atoms with van der Waals surface area (Å²) in [6.45, 7) is 10.6. The van der Waals surface area contributed by atoms with Gasteiger partial charge in [0.25, 0.3) is 0 Å². The number of nitrogens with zero attached hydrogens (tertiary/aromatic N) is 1. The Labute approximate surface area is 125 Å². The van der Waals surface area contributed by atoms with Gasteiger partial charge in [0.2, 0.25) is 0 Å². The van der Waals surface area contributed by atoms with E-state index >= 15 is 0 Å². The minimum absolute atomic E-state index is 0.727. The van der Waals surface area contributed by atoms with E-state index in [1.165, 1.54) is 31.4 Å². The van der Waals surface area contributed by atoms with Gasteiger partial charge in [-0.15, -0.1) is 0 Å². The molecule has 0 bridgehead atoms. The van der Waals surface area contributed by atoms with Gasteiger partial charge in [0.1, 0.15) is 0 Å². The Bertz CT molecular complexity index is 408. The molecule has 0 amide bonds. The summed E-state index contributed by atoms with van der Waals surface area (Å²) in [7, 11) is 1.11. The quantitative estimate of drug-likeness (QED) is 0.839. The molecule has 1 saturated heterocycles. The fourth-order valence-corrected chi connectivity index (χ4v) is 4.07. The van der Waals surface area contributed by atoms with E-state index in [0.29, 0.717) is 0 Å². The van der Waals surface area contributed by atoms with Crippen molar-refractivity contribution in [1.29, 1.82) is 0 Å². The summed E-state index contributed by atoms with van der Waals surface area (Å²) in [5, 5.41) is 5.18. The van der Waals surface area contributed by atoms with Crippen molar-refractivity contribution in [2.75, 3.05) is 20.1 Å². The van der Waals surface area contributed by atoms with Crippen molar-refractivity contribution in [1.82, 2.24) is 10.2 Å². The molecule has 0 aliphatic carbocycles. The number of piperidine rings is 1. The number of benzene rings is 1. The van der Waals surface area contributed by atoms with E-state index in [2.05, 4.69) is 61.2 Å². The van der Waals surface area contributed by atoms with Crippen LogP contribution in [0.5, 0.6) is 0 Å². The Balaban J connectivity index is 1.79. The summed E-state index contributed by atoms with van der Waals surface area (Å²) in [6.07, 6.45) is 4.10. The Kier molecular flexibility index (Phi) is 5.41. The van der Waals surface area contributed by atoms with Crippen LogP contribution in [0.15, 0.2) is 24.3 Å². The maximum Gasteiger partial charge on any atom is 0.0775 e. The molecule has 1 fully saturated rings. The lowest BCUT2D eigenvalue weighted by molar-refractivity contribution is 0.181. The van der Waals surface area contributed by atoms with E-state index in [4.69, 9.17) is 0 Å². The third kappa shape index (κ3) is 4.44. The van der Waals surface area contributed by atoms with Crippen LogP contribution in [-0.4, -0.2) is 39.2 Å². The lowest BCUT2D eigenvalue weighted by Gasteiger charge is -2.32. The molecule has 0 saturated carbocycles. The average Bonchev–Trinajstić information content (AvgIpc) is 2.40. The Hall–Kier alpha value is -0.643. The number of hydrogen-bond acceptors (Lipinski definition) is 2. The van der Waals surface area contributed by atoms with Crippen LogP contribution < -0.4 is 10.5 Å². The summed E-state index contributed by atoms with van der Waals surface area (Å²) >= 11 is 0. The Morgan fingerprint density at radius 1 is 1.15 bits per heavy atom. The highest BCUT2D eigenvalue weighted by Gasteiger charge is 2.18. The molecule has 1 N–H and O–H groups in total. The first kappa shape index (κ1) is 15.7. The number of likely N-dealkylation sites (tertiary alicyclic amines) is 1. The van der Waals surface area contributed by atoms with Gasteiger partial charge in [-0.25, -0.2) is 0 Å². The Morgan fingerprint density at radius 2 is 1.85 bits per heavy atom. The highest BCUT2D eigenvalue weighted by atomic mass is 28.3. The minimum Gasteiger partial charge on any atom is -0.311 e. The van der Waals surface area contributed by atoms with E-state index in [9.17, 15) is 0 Å². The number of hydrogen-bond donors (Lipinski definition) is 1. The van der Waals surface area contributed by atoms with Crippen molar-refractivity contribution < 1.29 is 0 Å². The molecule has 2 rings (SSSR count). The zero-order chi connectivity index (χ0) is 14.6. The molecule has 112 valence electrons. The molecular weight excluding hydrogens is 260 g/mol. The third-order valence-corrected chi connectivity index (χ3v) is 6.52. The molecule has 1 aliphatic heterocycles. The van der Waals surface area contributed by atoms with Crippen molar-refractivity contribution in [3.05, 3.63) is 29.8 Å². The number of likely N-dealkylation sites (N-methyl/N-ethyl adjacent to an activating group) is 1. The second-order valence-electron chi connectivity index (χ2n) is 7.21.